The molecule has 4 heteroatoms. The summed E-state index contributed by atoms with van der Waals surface area (Å²) in [6.45, 7) is 7.77. The van der Waals surface area contributed by atoms with Crippen LogP contribution >= 0.6 is 11.6 Å². The highest BCUT2D eigenvalue weighted by molar-refractivity contribution is 6.31. The maximum atomic E-state index is 12.5. The molecule has 0 saturated carbocycles. The van der Waals surface area contributed by atoms with Crippen molar-refractivity contribution >= 4 is 23.2 Å². The van der Waals surface area contributed by atoms with Crippen LogP contribution in [0.2, 0.25) is 5.02 Å². The summed E-state index contributed by atoms with van der Waals surface area (Å²) >= 11 is 6.19. The first kappa shape index (κ1) is 18.0. The van der Waals surface area contributed by atoms with Crippen molar-refractivity contribution < 1.29 is 4.79 Å². The van der Waals surface area contributed by atoms with E-state index < -0.39 is 5.41 Å². The smallest absolute Gasteiger partial charge is 0.255 e. The van der Waals surface area contributed by atoms with Gasteiger partial charge in [0.2, 0.25) is 0 Å². The minimum Gasteiger partial charge on any atom is -0.322 e. The average molecular weight is 341 g/mol. The van der Waals surface area contributed by atoms with Gasteiger partial charge in [-0.15, -0.1) is 0 Å². The normalized spacial score (nSPS) is 11.2. The van der Waals surface area contributed by atoms with Gasteiger partial charge in [-0.3, -0.25) is 4.79 Å². The predicted molar refractivity (Wildman–Crippen MR) is 98.6 cm³/mol. The van der Waals surface area contributed by atoms with E-state index in [1.807, 2.05) is 26.0 Å². The Kier molecular flexibility index (Phi) is 5.31. The molecular formula is C20H21ClN2O. The predicted octanol–water partition coefficient (Wildman–Crippen LogP) is 5.52. The fraction of sp³-hybridized carbons (Fsp3) is 0.300. The lowest BCUT2D eigenvalue weighted by molar-refractivity contribution is 0.102. The summed E-state index contributed by atoms with van der Waals surface area (Å²) in [6, 6.07) is 14.9. The standard InChI is InChI=1S/C20H21ClN2O/c1-13(2)17-11-16(8-9-18(17)21)23-19(24)14-6-5-7-15(10-14)20(3,4)12-22/h5-11,13H,1-4H3,(H,23,24). The summed E-state index contributed by atoms with van der Waals surface area (Å²) in [7, 11) is 0. The molecular weight excluding hydrogens is 320 g/mol. The number of nitriles is 1. The minimum absolute atomic E-state index is 0.206. The molecule has 2 rings (SSSR count). The molecule has 24 heavy (non-hydrogen) atoms. The van der Waals surface area contributed by atoms with Crippen LogP contribution in [0.1, 0.15) is 55.1 Å². The molecule has 2 aromatic carbocycles. The van der Waals surface area contributed by atoms with Crippen molar-refractivity contribution in [3.05, 3.63) is 64.2 Å². The molecule has 0 spiro atoms. The molecule has 0 aromatic heterocycles. The van der Waals surface area contributed by atoms with Gasteiger partial charge < -0.3 is 5.32 Å². The lowest BCUT2D eigenvalue weighted by Crippen LogP contribution is -2.17. The van der Waals surface area contributed by atoms with Crippen LogP contribution in [-0.4, -0.2) is 5.91 Å². The Hall–Kier alpha value is -2.31. The Morgan fingerprint density at radius 3 is 2.54 bits per heavy atom. The van der Waals surface area contributed by atoms with Crippen molar-refractivity contribution in [3.63, 3.8) is 0 Å². The number of anilines is 1. The Morgan fingerprint density at radius 2 is 1.92 bits per heavy atom. The monoisotopic (exact) mass is 340 g/mol. The van der Waals surface area contributed by atoms with Crippen LogP contribution in [0, 0.1) is 11.3 Å². The number of benzene rings is 2. The van der Waals surface area contributed by atoms with Crippen LogP contribution in [0.4, 0.5) is 5.69 Å². The van der Waals surface area contributed by atoms with Crippen LogP contribution in [0.5, 0.6) is 0 Å². The van der Waals surface area contributed by atoms with E-state index in [4.69, 9.17) is 11.6 Å². The van der Waals surface area contributed by atoms with Crippen molar-refractivity contribution in [2.75, 3.05) is 5.32 Å². The second kappa shape index (κ2) is 7.07. The Balaban J connectivity index is 2.27. The summed E-state index contributed by atoms with van der Waals surface area (Å²) in [5.41, 5.74) is 2.40. The molecule has 0 aliphatic heterocycles. The number of nitrogens with zero attached hydrogens (tertiary/aromatic N) is 1. The topological polar surface area (TPSA) is 52.9 Å². The summed E-state index contributed by atoms with van der Waals surface area (Å²) in [5, 5.41) is 12.8. The molecule has 3 nitrogen and oxygen atoms in total. The molecule has 0 radical (unpaired) electrons. The summed E-state index contributed by atoms with van der Waals surface area (Å²) in [5.74, 6) is 0.0664. The van der Waals surface area contributed by atoms with Gasteiger partial charge in [0.1, 0.15) is 0 Å². The van der Waals surface area contributed by atoms with Gasteiger partial charge in [-0.1, -0.05) is 37.6 Å². The minimum atomic E-state index is -0.638. The van der Waals surface area contributed by atoms with Gasteiger partial charge in [0.15, 0.2) is 0 Å². The molecule has 0 heterocycles. The third-order valence-corrected chi connectivity index (χ3v) is 4.35. The second-order valence-electron chi connectivity index (χ2n) is 6.66. The fourth-order valence-electron chi connectivity index (χ4n) is 2.38. The van der Waals surface area contributed by atoms with E-state index in [0.717, 1.165) is 11.1 Å². The Bertz CT molecular complexity index is 804. The molecule has 1 amide bonds. The molecule has 1 N–H and O–H groups in total. The number of carbonyl (C=O) groups excluding carboxylic acids is 1. The molecule has 0 unspecified atom stereocenters. The van der Waals surface area contributed by atoms with Crippen LogP contribution < -0.4 is 5.32 Å². The number of hydrogen-bond donors (Lipinski definition) is 1. The number of carbonyl (C=O) groups is 1. The third kappa shape index (κ3) is 3.96. The molecule has 124 valence electrons. The first-order chi connectivity index (χ1) is 11.2. The third-order valence-electron chi connectivity index (χ3n) is 4.00. The van der Waals surface area contributed by atoms with Crippen molar-refractivity contribution in [3.8, 4) is 6.07 Å². The lowest BCUT2D eigenvalue weighted by atomic mass is 9.85. The zero-order chi connectivity index (χ0) is 17.9. The molecule has 0 aliphatic carbocycles. The molecule has 0 aliphatic rings. The van der Waals surface area contributed by atoms with Crippen molar-refractivity contribution in [1.82, 2.24) is 0 Å². The number of rotatable bonds is 4. The number of nitrogens with one attached hydrogen (secondary N) is 1. The number of halogens is 1. The summed E-state index contributed by atoms with van der Waals surface area (Å²) in [4.78, 5) is 12.5. The summed E-state index contributed by atoms with van der Waals surface area (Å²) in [6.07, 6.45) is 0. The number of hydrogen-bond acceptors (Lipinski definition) is 2. The highest BCUT2D eigenvalue weighted by Crippen LogP contribution is 2.28. The molecule has 2 aromatic rings. The van der Waals surface area contributed by atoms with Gasteiger partial charge in [0.05, 0.1) is 11.5 Å². The van der Waals surface area contributed by atoms with Gasteiger partial charge in [-0.25, -0.2) is 0 Å². The Labute approximate surface area is 148 Å². The van der Waals surface area contributed by atoms with Gasteiger partial charge >= 0.3 is 0 Å². The maximum absolute atomic E-state index is 12.5. The molecule has 0 bridgehead atoms. The van der Waals surface area contributed by atoms with Crippen LogP contribution in [0.15, 0.2) is 42.5 Å². The van der Waals surface area contributed by atoms with Crippen molar-refractivity contribution in [2.45, 2.75) is 39.0 Å². The van der Waals surface area contributed by atoms with E-state index in [0.29, 0.717) is 16.3 Å². The van der Waals surface area contributed by atoms with Gasteiger partial charge in [0, 0.05) is 16.3 Å². The zero-order valence-corrected chi connectivity index (χ0v) is 15.1. The SMILES string of the molecule is CC(C)c1cc(NC(=O)c2cccc(C(C)(C)C#N)c2)ccc1Cl. The second-order valence-corrected chi connectivity index (χ2v) is 7.07. The van der Waals surface area contributed by atoms with Crippen molar-refractivity contribution in [2.24, 2.45) is 0 Å². The first-order valence-electron chi connectivity index (χ1n) is 7.87. The van der Waals surface area contributed by atoms with Gasteiger partial charge in [-0.05, 0) is 61.2 Å². The fourth-order valence-corrected chi connectivity index (χ4v) is 2.72. The van der Waals surface area contributed by atoms with Crippen LogP contribution in [-0.2, 0) is 5.41 Å². The number of amides is 1. The Morgan fingerprint density at radius 1 is 1.21 bits per heavy atom. The largest absolute Gasteiger partial charge is 0.322 e. The maximum Gasteiger partial charge on any atom is 0.255 e. The van der Waals surface area contributed by atoms with E-state index in [1.54, 1.807) is 30.3 Å². The first-order valence-corrected chi connectivity index (χ1v) is 8.25. The highest BCUT2D eigenvalue weighted by Gasteiger charge is 2.21. The van der Waals surface area contributed by atoms with Crippen LogP contribution in [0.3, 0.4) is 0 Å². The van der Waals surface area contributed by atoms with E-state index in [-0.39, 0.29) is 11.8 Å². The molecule has 0 fully saturated rings. The van der Waals surface area contributed by atoms with Crippen LogP contribution in [0.25, 0.3) is 0 Å². The van der Waals surface area contributed by atoms with Crippen molar-refractivity contribution in [1.29, 1.82) is 5.26 Å². The van der Waals surface area contributed by atoms with Gasteiger partial charge in [-0.2, -0.15) is 5.26 Å². The van der Waals surface area contributed by atoms with E-state index in [1.165, 1.54) is 0 Å². The quantitative estimate of drug-likeness (QED) is 0.797. The zero-order valence-electron chi connectivity index (χ0n) is 14.4. The molecule has 0 saturated heterocycles. The van der Waals surface area contributed by atoms with E-state index >= 15 is 0 Å². The lowest BCUT2D eigenvalue weighted by Gasteiger charge is -2.17. The summed E-state index contributed by atoms with van der Waals surface area (Å²) < 4.78 is 0. The molecule has 0 atom stereocenters. The van der Waals surface area contributed by atoms with E-state index in [2.05, 4.69) is 25.2 Å². The highest BCUT2D eigenvalue weighted by atomic mass is 35.5. The van der Waals surface area contributed by atoms with E-state index in [9.17, 15) is 10.1 Å². The average Bonchev–Trinajstić information content (AvgIpc) is 2.56. The van der Waals surface area contributed by atoms with Gasteiger partial charge in [0.25, 0.3) is 5.91 Å².